The van der Waals surface area contributed by atoms with E-state index in [-0.39, 0.29) is 18.0 Å². The molecule has 0 atom stereocenters. The van der Waals surface area contributed by atoms with Gasteiger partial charge in [0.1, 0.15) is 18.0 Å². The monoisotopic (exact) mass is 487 g/mol. The quantitative estimate of drug-likeness (QED) is 0.370. The molecule has 4 rings (SSSR count). The van der Waals surface area contributed by atoms with E-state index in [1.54, 1.807) is 54.7 Å². The molecule has 1 heterocycles. The van der Waals surface area contributed by atoms with Gasteiger partial charge in [0, 0.05) is 6.20 Å². The number of hydrogen-bond acceptors (Lipinski definition) is 5. The zero-order valence-electron chi connectivity index (χ0n) is 19.2. The number of rotatable bonds is 9. The zero-order chi connectivity index (χ0) is 24.7. The van der Waals surface area contributed by atoms with Gasteiger partial charge in [0.25, 0.3) is 10.0 Å². The van der Waals surface area contributed by atoms with E-state index in [0.29, 0.717) is 22.9 Å². The number of aryl methyl sites for hydroxylation is 1. The van der Waals surface area contributed by atoms with E-state index >= 15 is 0 Å². The second-order valence-electron chi connectivity index (χ2n) is 7.83. The number of benzene rings is 3. The Morgan fingerprint density at radius 3 is 2.17 bits per heavy atom. The molecule has 0 bridgehead atoms. The van der Waals surface area contributed by atoms with Crippen LogP contribution in [0, 0.1) is 6.92 Å². The summed E-state index contributed by atoms with van der Waals surface area (Å²) in [5.74, 6) is 0.765. The highest BCUT2D eigenvalue weighted by molar-refractivity contribution is 7.92. The number of ether oxygens (including phenoxy) is 1. The van der Waals surface area contributed by atoms with Crippen molar-refractivity contribution in [3.05, 3.63) is 115 Å². The maximum absolute atomic E-state index is 13.5. The first-order chi connectivity index (χ1) is 16.9. The van der Waals surface area contributed by atoms with E-state index in [1.165, 1.54) is 12.1 Å². The molecule has 0 unspecified atom stereocenters. The number of anilines is 1. The molecule has 0 aliphatic heterocycles. The molecule has 178 valence electrons. The molecular formula is C27H25N3O4S. The molecule has 0 fully saturated rings. The van der Waals surface area contributed by atoms with Gasteiger partial charge in [0.2, 0.25) is 5.91 Å². The van der Waals surface area contributed by atoms with Crippen LogP contribution in [0.5, 0.6) is 11.5 Å². The van der Waals surface area contributed by atoms with Gasteiger partial charge in [-0.15, -0.1) is 0 Å². The summed E-state index contributed by atoms with van der Waals surface area (Å²) < 4.78 is 34.0. The second kappa shape index (κ2) is 10.8. The van der Waals surface area contributed by atoms with E-state index in [0.717, 1.165) is 9.87 Å². The highest BCUT2D eigenvalue weighted by Gasteiger charge is 2.27. The number of carbonyl (C=O) groups excluding carboxylic acids is 1. The number of sulfonamides is 1. The summed E-state index contributed by atoms with van der Waals surface area (Å²) in [5.41, 5.74) is 1.96. The minimum Gasteiger partial charge on any atom is -0.457 e. The average Bonchev–Trinajstić information content (AvgIpc) is 2.88. The van der Waals surface area contributed by atoms with Crippen molar-refractivity contribution in [2.24, 2.45) is 0 Å². The fourth-order valence-corrected chi connectivity index (χ4v) is 4.76. The summed E-state index contributed by atoms with van der Waals surface area (Å²) in [6.45, 7) is 1.69. The molecule has 0 saturated heterocycles. The van der Waals surface area contributed by atoms with Crippen molar-refractivity contribution in [3.8, 4) is 11.5 Å². The Labute approximate surface area is 205 Å². The Hall–Kier alpha value is -4.17. The molecule has 1 N–H and O–H groups in total. The van der Waals surface area contributed by atoms with Gasteiger partial charge in [0.15, 0.2) is 0 Å². The molecule has 0 aliphatic carbocycles. The highest BCUT2D eigenvalue weighted by Crippen LogP contribution is 2.28. The summed E-state index contributed by atoms with van der Waals surface area (Å²) >= 11 is 0. The molecule has 0 aliphatic rings. The third kappa shape index (κ3) is 6.24. The van der Waals surface area contributed by atoms with Gasteiger partial charge >= 0.3 is 0 Å². The summed E-state index contributed by atoms with van der Waals surface area (Å²) in [4.78, 5) is 17.0. The van der Waals surface area contributed by atoms with Crippen molar-refractivity contribution < 1.29 is 17.9 Å². The lowest BCUT2D eigenvalue weighted by Crippen LogP contribution is -2.40. The SMILES string of the molecule is Cc1ccc(S(=O)(=O)N(CC(=O)NCc2ccccn2)c2ccc(Oc3ccccc3)cc2)cc1. The molecular weight excluding hydrogens is 462 g/mol. The second-order valence-corrected chi connectivity index (χ2v) is 9.69. The van der Waals surface area contributed by atoms with Gasteiger partial charge in [-0.25, -0.2) is 8.42 Å². The highest BCUT2D eigenvalue weighted by atomic mass is 32.2. The zero-order valence-corrected chi connectivity index (χ0v) is 20.0. The average molecular weight is 488 g/mol. The molecule has 0 radical (unpaired) electrons. The Balaban J connectivity index is 1.58. The molecule has 7 nitrogen and oxygen atoms in total. The van der Waals surface area contributed by atoms with Crippen LogP contribution in [0.15, 0.2) is 108 Å². The first kappa shape index (κ1) is 24.0. The third-order valence-corrected chi connectivity index (χ3v) is 6.98. The van der Waals surface area contributed by atoms with Crippen molar-refractivity contribution in [2.75, 3.05) is 10.8 Å². The number of hydrogen-bond donors (Lipinski definition) is 1. The fraction of sp³-hybridized carbons (Fsp3) is 0.111. The Kier molecular flexibility index (Phi) is 7.42. The van der Waals surface area contributed by atoms with Crippen molar-refractivity contribution in [3.63, 3.8) is 0 Å². The molecule has 35 heavy (non-hydrogen) atoms. The standard InChI is InChI=1S/C27H25N3O4S/c1-21-10-16-26(17-11-21)35(32,33)30(20-27(31)29-19-22-7-5-6-18-28-22)23-12-14-25(15-13-23)34-24-8-3-2-4-9-24/h2-18H,19-20H2,1H3,(H,29,31). The van der Waals surface area contributed by atoms with Gasteiger partial charge in [-0.3, -0.25) is 14.1 Å². The van der Waals surface area contributed by atoms with E-state index in [4.69, 9.17) is 4.74 Å². The maximum Gasteiger partial charge on any atom is 0.264 e. The summed E-state index contributed by atoms with van der Waals surface area (Å²) in [7, 11) is -4.00. The number of nitrogens with zero attached hydrogens (tertiary/aromatic N) is 2. The van der Waals surface area contributed by atoms with Crippen LogP contribution in [0.2, 0.25) is 0 Å². The third-order valence-electron chi connectivity index (χ3n) is 5.19. The number of para-hydroxylation sites is 1. The van der Waals surface area contributed by atoms with Crippen LogP contribution in [-0.2, 0) is 21.4 Å². The Morgan fingerprint density at radius 2 is 1.51 bits per heavy atom. The summed E-state index contributed by atoms with van der Waals surface area (Å²) in [6.07, 6.45) is 1.63. The first-order valence-electron chi connectivity index (χ1n) is 11.0. The van der Waals surface area contributed by atoms with Crippen LogP contribution in [0.3, 0.4) is 0 Å². The maximum atomic E-state index is 13.5. The van der Waals surface area contributed by atoms with Gasteiger partial charge < -0.3 is 10.1 Å². The predicted molar refractivity (Wildman–Crippen MR) is 135 cm³/mol. The molecule has 1 amide bonds. The van der Waals surface area contributed by atoms with Gasteiger partial charge in [-0.1, -0.05) is 42.0 Å². The number of pyridine rings is 1. The van der Waals surface area contributed by atoms with Crippen molar-refractivity contribution in [1.82, 2.24) is 10.3 Å². The van der Waals surface area contributed by atoms with Gasteiger partial charge in [-0.2, -0.15) is 0 Å². The van der Waals surface area contributed by atoms with Gasteiger partial charge in [0.05, 0.1) is 22.8 Å². The number of carbonyl (C=O) groups is 1. The molecule has 4 aromatic rings. The lowest BCUT2D eigenvalue weighted by Gasteiger charge is -2.24. The summed E-state index contributed by atoms with van der Waals surface area (Å²) in [5, 5.41) is 2.74. The smallest absolute Gasteiger partial charge is 0.264 e. The van der Waals surface area contributed by atoms with Crippen LogP contribution in [0.4, 0.5) is 5.69 Å². The predicted octanol–water partition coefficient (Wildman–Crippen LogP) is 4.69. The van der Waals surface area contributed by atoms with Crippen LogP contribution in [-0.4, -0.2) is 25.9 Å². The van der Waals surface area contributed by atoms with Crippen LogP contribution in [0.1, 0.15) is 11.3 Å². The molecule has 0 spiro atoms. The Bertz CT molecular complexity index is 1360. The minimum absolute atomic E-state index is 0.102. The van der Waals surface area contributed by atoms with Crippen LogP contribution in [0.25, 0.3) is 0 Å². The summed E-state index contributed by atoms with van der Waals surface area (Å²) in [6, 6.07) is 27.8. The molecule has 0 saturated carbocycles. The lowest BCUT2D eigenvalue weighted by atomic mass is 10.2. The van der Waals surface area contributed by atoms with E-state index in [2.05, 4.69) is 10.3 Å². The van der Waals surface area contributed by atoms with Crippen molar-refractivity contribution >= 4 is 21.6 Å². The van der Waals surface area contributed by atoms with Crippen LogP contribution >= 0.6 is 0 Å². The minimum atomic E-state index is -4.00. The lowest BCUT2D eigenvalue weighted by molar-refractivity contribution is -0.119. The number of aromatic nitrogens is 1. The van der Waals surface area contributed by atoms with E-state index < -0.39 is 15.9 Å². The molecule has 1 aromatic heterocycles. The molecule has 8 heteroatoms. The molecule has 3 aromatic carbocycles. The topological polar surface area (TPSA) is 88.6 Å². The normalized spacial score (nSPS) is 11.0. The van der Waals surface area contributed by atoms with Gasteiger partial charge in [-0.05, 0) is 67.6 Å². The number of nitrogens with one attached hydrogen (secondary N) is 1. The fourth-order valence-electron chi connectivity index (χ4n) is 3.34. The largest absolute Gasteiger partial charge is 0.457 e. The number of amides is 1. The van der Waals surface area contributed by atoms with Crippen LogP contribution < -0.4 is 14.4 Å². The Morgan fingerprint density at radius 1 is 0.857 bits per heavy atom. The van der Waals surface area contributed by atoms with E-state index in [1.807, 2.05) is 43.3 Å². The van der Waals surface area contributed by atoms with E-state index in [9.17, 15) is 13.2 Å². The van der Waals surface area contributed by atoms with Crippen molar-refractivity contribution in [1.29, 1.82) is 0 Å². The first-order valence-corrected chi connectivity index (χ1v) is 12.4. The van der Waals surface area contributed by atoms with Crippen molar-refractivity contribution in [2.45, 2.75) is 18.4 Å².